The Morgan fingerprint density at radius 1 is 0.583 bits per heavy atom. The number of hydrogen-bond acceptors (Lipinski definition) is 2. The highest BCUT2D eigenvalue weighted by Crippen LogP contribution is 2.50. The second kappa shape index (κ2) is 6.81. The van der Waals surface area contributed by atoms with E-state index in [-0.39, 0.29) is 5.41 Å². The van der Waals surface area contributed by atoms with Gasteiger partial charge in [-0.2, -0.15) is 0 Å². The molecule has 0 aliphatic heterocycles. The molecule has 0 bridgehead atoms. The molecule has 0 unspecified atom stereocenters. The van der Waals surface area contributed by atoms with Gasteiger partial charge in [0.2, 0.25) is 0 Å². The van der Waals surface area contributed by atoms with Crippen LogP contribution in [0.25, 0.3) is 66.1 Å². The number of furan rings is 2. The van der Waals surface area contributed by atoms with Crippen LogP contribution in [0, 0.1) is 0 Å². The molecular weight excluding hydrogens is 464 g/mol. The zero-order valence-electron chi connectivity index (χ0n) is 19.9. The van der Waals surface area contributed by atoms with Crippen LogP contribution in [0.15, 0.2) is 99.8 Å². The molecule has 8 rings (SSSR count). The zero-order valence-corrected chi connectivity index (χ0v) is 20.6. The van der Waals surface area contributed by atoms with Gasteiger partial charge in [-0.3, -0.25) is 0 Å². The van der Waals surface area contributed by atoms with E-state index in [9.17, 15) is 0 Å². The summed E-state index contributed by atoms with van der Waals surface area (Å²) in [6.45, 7) is 4.61. The molecule has 5 aromatic carbocycles. The third-order valence-corrected chi connectivity index (χ3v) is 8.23. The van der Waals surface area contributed by atoms with Crippen molar-refractivity contribution in [3.05, 3.63) is 107 Å². The number of benzene rings is 5. The normalized spacial score (nSPS) is 14.2. The Kier molecular flexibility index (Phi) is 3.82. The summed E-state index contributed by atoms with van der Waals surface area (Å²) in [4.78, 5) is 0. The molecule has 2 heterocycles. The Morgan fingerprint density at radius 3 is 2.19 bits per heavy atom. The summed E-state index contributed by atoms with van der Waals surface area (Å²) < 4.78 is 12.4. The Morgan fingerprint density at radius 2 is 1.31 bits per heavy atom. The van der Waals surface area contributed by atoms with Crippen molar-refractivity contribution >= 4 is 55.5 Å². The van der Waals surface area contributed by atoms with E-state index in [4.69, 9.17) is 20.4 Å². The molecule has 0 amide bonds. The molecule has 1 aliphatic carbocycles. The first-order valence-corrected chi connectivity index (χ1v) is 12.6. The van der Waals surface area contributed by atoms with Crippen LogP contribution < -0.4 is 0 Å². The Bertz CT molecular complexity index is 2040. The molecule has 36 heavy (non-hydrogen) atoms. The van der Waals surface area contributed by atoms with Crippen molar-refractivity contribution < 1.29 is 8.83 Å². The molecular formula is C33H21ClO2. The van der Waals surface area contributed by atoms with Gasteiger partial charge in [-0.15, -0.1) is 0 Å². The van der Waals surface area contributed by atoms with Crippen LogP contribution in [0.3, 0.4) is 0 Å². The Balaban J connectivity index is 1.41. The third kappa shape index (κ3) is 2.52. The Labute approximate surface area is 212 Å². The van der Waals surface area contributed by atoms with Crippen LogP contribution >= 0.6 is 11.6 Å². The van der Waals surface area contributed by atoms with Gasteiger partial charge >= 0.3 is 0 Å². The first-order chi connectivity index (χ1) is 17.5. The van der Waals surface area contributed by atoms with Gasteiger partial charge < -0.3 is 8.83 Å². The monoisotopic (exact) mass is 484 g/mol. The average Bonchev–Trinajstić information content (AvgIpc) is 3.53. The molecule has 2 nitrogen and oxygen atoms in total. The van der Waals surface area contributed by atoms with Crippen LogP contribution in [-0.2, 0) is 5.41 Å². The van der Waals surface area contributed by atoms with Gasteiger partial charge in [-0.25, -0.2) is 0 Å². The van der Waals surface area contributed by atoms with Crippen LogP contribution in [0.2, 0.25) is 5.02 Å². The highest BCUT2D eigenvalue weighted by molar-refractivity contribution is 6.37. The van der Waals surface area contributed by atoms with Gasteiger partial charge in [0.05, 0.1) is 5.02 Å². The fraction of sp³-hybridized carbons (Fsp3) is 0.0909. The van der Waals surface area contributed by atoms with E-state index in [1.165, 1.54) is 22.3 Å². The average molecular weight is 485 g/mol. The smallest absolute Gasteiger partial charge is 0.154 e. The van der Waals surface area contributed by atoms with Crippen molar-refractivity contribution in [2.75, 3.05) is 0 Å². The molecule has 1 aliphatic rings. The maximum atomic E-state index is 6.86. The minimum atomic E-state index is -0.0555. The second-order valence-electron chi connectivity index (χ2n) is 10.3. The summed E-state index contributed by atoms with van der Waals surface area (Å²) in [6, 6.07) is 31.9. The summed E-state index contributed by atoms with van der Waals surface area (Å²) >= 11 is 6.86. The Hall–Kier alpha value is -4.01. The fourth-order valence-electron chi connectivity index (χ4n) is 6.19. The predicted molar refractivity (Wildman–Crippen MR) is 149 cm³/mol. The van der Waals surface area contributed by atoms with Gasteiger partial charge in [0.1, 0.15) is 16.7 Å². The van der Waals surface area contributed by atoms with E-state index in [1.807, 2.05) is 36.4 Å². The van der Waals surface area contributed by atoms with Gasteiger partial charge in [0, 0.05) is 27.0 Å². The van der Waals surface area contributed by atoms with Gasteiger partial charge in [0.25, 0.3) is 0 Å². The minimum Gasteiger partial charge on any atom is -0.456 e. The number of rotatable bonds is 1. The van der Waals surface area contributed by atoms with E-state index < -0.39 is 0 Å². The van der Waals surface area contributed by atoms with Crippen molar-refractivity contribution in [1.82, 2.24) is 0 Å². The number of hydrogen-bond donors (Lipinski definition) is 0. The minimum absolute atomic E-state index is 0.0555. The standard InChI is InChI=1S/C33H21ClO2/c1-33(2)24-9-5-3-7-20(24)21-12-11-18(16-25(21)33)19-15-23-31-29(36-32(23)26(34)17-19)14-13-28-30(31)22-8-4-6-10-27(22)35-28/h3-17H,1-2H3. The summed E-state index contributed by atoms with van der Waals surface area (Å²) in [7, 11) is 0. The van der Waals surface area contributed by atoms with Crippen LogP contribution in [0.1, 0.15) is 25.0 Å². The molecule has 2 aromatic heterocycles. The van der Waals surface area contributed by atoms with Crippen molar-refractivity contribution in [2.45, 2.75) is 19.3 Å². The topological polar surface area (TPSA) is 26.3 Å². The summed E-state index contributed by atoms with van der Waals surface area (Å²) in [5, 5.41) is 4.82. The quantitative estimate of drug-likeness (QED) is 0.231. The lowest BCUT2D eigenvalue weighted by Crippen LogP contribution is -2.14. The van der Waals surface area contributed by atoms with Crippen LogP contribution in [0.5, 0.6) is 0 Å². The van der Waals surface area contributed by atoms with E-state index in [2.05, 4.69) is 68.4 Å². The lowest BCUT2D eigenvalue weighted by molar-refractivity contribution is 0.660. The zero-order chi connectivity index (χ0) is 24.2. The maximum Gasteiger partial charge on any atom is 0.154 e. The molecule has 3 heteroatoms. The van der Waals surface area contributed by atoms with Crippen LogP contribution in [-0.4, -0.2) is 0 Å². The number of fused-ring (bicyclic) bond motifs is 10. The summed E-state index contributed by atoms with van der Waals surface area (Å²) in [5.74, 6) is 0. The molecule has 7 aromatic rings. The molecule has 172 valence electrons. The first-order valence-electron chi connectivity index (χ1n) is 12.2. The molecule has 0 saturated heterocycles. The highest BCUT2D eigenvalue weighted by Gasteiger charge is 2.35. The molecule has 0 saturated carbocycles. The molecule has 0 spiro atoms. The van der Waals surface area contributed by atoms with Gasteiger partial charge in [-0.05, 0) is 69.8 Å². The van der Waals surface area contributed by atoms with Crippen molar-refractivity contribution in [1.29, 1.82) is 0 Å². The van der Waals surface area contributed by atoms with Gasteiger partial charge in [-0.1, -0.05) is 80.0 Å². The maximum absolute atomic E-state index is 6.86. The van der Waals surface area contributed by atoms with E-state index in [0.29, 0.717) is 10.6 Å². The molecule has 0 N–H and O–H groups in total. The SMILES string of the molecule is CC1(C)c2ccccc2-c2ccc(-c3cc(Cl)c4oc5ccc6oc7ccccc7c6c5c4c3)cc21. The highest BCUT2D eigenvalue weighted by atomic mass is 35.5. The van der Waals surface area contributed by atoms with Crippen molar-refractivity contribution in [3.63, 3.8) is 0 Å². The fourth-order valence-corrected chi connectivity index (χ4v) is 6.45. The van der Waals surface area contributed by atoms with E-state index in [0.717, 1.165) is 49.4 Å². The third-order valence-electron chi connectivity index (χ3n) is 7.95. The molecule has 0 fully saturated rings. The predicted octanol–water partition coefficient (Wildman–Crippen LogP) is 10.1. The largest absolute Gasteiger partial charge is 0.456 e. The summed E-state index contributed by atoms with van der Waals surface area (Å²) in [5.41, 5.74) is 10.8. The van der Waals surface area contributed by atoms with E-state index >= 15 is 0 Å². The summed E-state index contributed by atoms with van der Waals surface area (Å²) in [6.07, 6.45) is 0. The first kappa shape index (κ1) is 20.2. The molecule has 0 atom stereocenters. The number of para-hydroxylation sites is 1. The van der Waals surface area contributed by atoms with Crippen molar-refractivity contribution in [3.8, 4) is 22.3 Å². The van der Waals surface area contributed by atoms with Crippen molar-refractivity contribution in [2.24, 2.45) is 0 Å². The van der Waals surface area contributed by atoms with E-state index in [1.54, 1.807) is 0 Å². The second-order valence-corrected chi connectivity index (χ2v) is 10.7. The van der Waals surface area contributed by atoms with Crippen LogP contribution in [0.4, 0.5) is 0 Å². The number of halogens is 1. The lowest BCUT2D eigenvalue weighted by atomic mass is 9.81. The van der Waals surface area contributed by atoms with Gasteiger partial charge in [0.15, 0.2) is 5.58 Å². The lowest BCUT2D eigenvalue weighted by Gasteiger charge is -2.22. The molecule has 0 radical (unpaired) electrons.